The van der Waals surface area contributed by atoms with Crippen LogP contribution < -0.4 is 10.2 Å². The molecule has 4 heterocycles. The fourth-order valence-electron chi connectivity index (χ4n) is 2.77. The smallest absolute Gasteiger partial charge is 0.164 e. The minimum absolute atomic E-state index is 0.760. The molecule has 1 saturated heterocycles. The molecule has 0 aliphatic carbocycles. The van der Waals surface area contributed by atoms with Gasteiger partial charge in [0.05, 0.1) is 5.39 Å². The molecule has 0 amide bonds. The maximum absolute atomic E-state index is 4.86. The predicted molar refractivity (Wildman–Crippen MR) is 90.5 cm³/mol. The largest absolute Gasteiger partial charge is 0.353 e. The third kappa shape index (κ3) is 2.44. The minimum Gasteiger partial charge on any atom is -0.353 e. The van der Waals surface area contributed by atoms with Gasteiger partial charge in [0.15, 0.2) is 5.82 Å². The van der Waals surface area contributed by atoms with Gasteiger partial charge in [-0.25, -0.2) is 9.97 Å². The maximum atomic E-state index is 4.86. The zero-order valence-electron chi connectivity index (χ0n) is 12.4. The Morgan fingerprint density at radius 2 is 2.09 bits per heavy atom. The van der Waals surface area contributed by atoms with Crippen LogP contribution in [0.25, 0.3) is 21.6 Å². The molecule has 0 saturated carbocycles. The number of fused-ring (bicyclic) bond motifs is 1. The van der Waals surface area contributed by atoms with Crippen molar-refractivity contribution in [2.24, 2.45) is 0 Å². The van der Waals surface area contributed by atoms with E-state index in [-0.39, 0.29) is 0 Å². The molecule has 22 heavy (non-hydrogen) atoms. The van der Waals surface area contributed by atoms with Gasteiger partial charge < -0.3 is 10.2 Å². The Hall–Kier alpha value is -2.05. The van der Waals surface area contributed by atoms with E-state index < -0.39 is 0 Å². The lowest BCUT2D eigenvalue weighted by molar-refractivity contribution is 0.586. The number of pyridine rings is 1. The molecular formula is C16H17N5S. The summed E-state index contributed by atoms with van der Waals surface area (Å²) in [7, 11) is 0. The van der Waals surface area contributed by atoms with Crippen LogP contribution >= 0.6 is 11.3 Å². The number of rotatable bonds is 2. The quantitative estimate of drug-likeness (QED) is 0.788. The van der Waals surface area contributed by atoms with Gasteiger partial charge in [-0.1, -0.05) is 0 Å². The molecule has 0 unspecified atom stereocenters. The van der Waals surface area contributed by atoms with Crippen molar-refractivity contribution in [3.63, 3.8) is 0 Å². The number of hydrogen-bond donors (Lipinski definition) is 1. The van der Waals surface area contributed by atoms with E-state index in [1.54, 1.807) is 17.5 Å². The van der Waals surface area contributed by atoms with Gasteiger partial charge in [0.1, 0.15) is 10.6 Å². The Kier molecular flexibility index (Phi) is 3.48. The van der Waals surface area contributed by atoms with E-state index in [1.165, 1.54) is 4.88 Å². The second-order valence-corrected chi connectivity index (χ2v) is 6.66. The van der Waals surface area contributed by atoms with Gasteiger partial charge in [-0.15, -0.1) is 11.3 Å². The zero-order chi connectivity index (χ0) is 14.9. The summed E-state index contributed by atoms with van der Waals surface area (Å²) in [5, 5.41) is 4.56. The standard InChI is InChI=1S/C16H17N5S/c1-11-9-13-15(21-7-5-17-6-8-21)19-14(20-16(13)22-11)12-3-2-4-18-10-12/h2-4,9-10,17H,5-8H2,1H3. The topological polar surface area (TPSA) is 53.9 Å². The van der Waals surface area contributed by atoms with E-state index in [0.29, 0.717) is 0 Å². The van der Waals surface area contributed by atoms with E-state index in [1.807, 2.05) is 18.3 Å². The number of aromatic nitrogens is 3. The van der Waals surface area contributed by atoms with Crippen LogP contribution in [0.1, 0.15) is 4.88 Å². The van der Waals surface area contributed by atoms with Gasteiger partial charge in [-0.05, 0) is 25.1 Å². The van der Waals surface area contributed by atoms with Crippen molar-refractivity contribution in [3.8, 4) is 11.4 Å². The first kappa shape index (κ1) is 13.6. The average Bonchev–Trinajstić information content (AvgIpc) is 2.95. The van der Waals surface area contributed by atoms with Crippen LogP contribution in [0.2, 0.25) is 0 Å². The summed E-state index contributed by atoms with van der Waals surface area (Å²) >= 11 is 1.73. The first-order chi connectivity index (χ1) is 10.8. The molecule has 3 aromatic rings. The van der Waals surface area contributed by atoms with E-state index in [0.717, 1.165) is 53.6 Å². The van der Waals surface area contributed by atoms with Gasteiger partial charge >= 0.3 is 0 Å². The van der Waals surface area contributed by atoms with Crippen LogP contribution in [-0.2, 0) is 0 Å². The molecule has 1 fully saturated rings. The number of piperazine rings is 1. The molecule has 0 aromatic carbocycles. The highest BCUT2D eigenvalue weighted by molar-refractivity contribution is 7.18. The van der Waals surface area contributed by atoms with Crippen molar-refractivity contribution >= 4 is 27.4 Å². The highest BCUT2D eigenvalue weighted by Crippen LogP contribution is 2.32. The van der Waals surface area contributed by atoms with E-state index in [2.05, 4.69) is 28.2 Å². The summed E-state index contributed by atoms with van der Waals surface area (Å²) in [6.45, 7) is 6.08. The van der Waals surface area contributed by atoms with E-state index in [9.17, 15) is 0 Å². The Balaban J connectivity index is 1.89. The maximum Gasteiger partial charge on any atom is 0.164 e. The third-order valence-corrected chi connectivity index (χ3v) is 4.78. The number of thiophene rings is 1. The molecule has 6 heteroatoms. The van der Waals surface area contributed by atoms with Crippen molar-refractivity contribution in [1.29, 1.82) is 0 Å². The Bertz CT molecular complexity index is 793. The highest BCUT2D eigenvalue weighted by atomic mass is 32.1. The summed E-state index contributed by atoms with van der Waals surface area (Å²) in [4.78, 5) is 18.5. The Morgan fingerprint density at radius 1 is 1.23 bits per heavy atom. The van der Waals surface area contributed by atoms with Gasteiger partial charge in [0, 0.05) is 49.0 Å². The fourth-order valence-corrected chi connectivity index (χ4v) is 3.64. The molecule has 0 atom stereocenters. The second-order valence-electron chi connectivity index (χ2n) is 5.43. The van der Waals surface area contributed by atoms with Crippen molar-refractivity contribution in [2.45, 2.75) is 6.92 Å². The van der Waals surface area contributed by atoms with Crippen molar-refractivity contribution in [3.05, 3.63) is 35.5 Å². The molecule has 5 nitrogen and oxygen atoms in total. The zero-order valence-corrected chi connectivity index (χ0v) is 13.2. The third-order valence-electron chi connectivity index (χ3n) is 3.83. The van der Waals surface area contributed by atoms with Crippen molar-refractivity contribution in [2.75, 3.05) is 31.1 Å². The average molecular weight is 311 g/mol. The minimum atomic E-state index is 0.760. The first-order valence-electron chi connectivity index (χ1n) is 7.45. The Morgan fingerprint density at radius 3 is 2.86 bits per heavy atom. The van der Waals surface area contributed by atoms with Gasteiger partial charge in [-0.2, -0.15) is 0 Å². The molecule has 1 N–H and O–H groups in total. The molecule has 3 aromatic heterocycles. The lowest BCUT2D eigenvalue weighted by Crippen LogP contribution is -2.44. The van der Waals surface area contributed by atoms with Crippen LogP contribution in [0, 0.1) is 6.92 Å². The number of nitrogens with one attached hydrogen (secondary N) is 1. The molecule has 112 valence electrons. The summed E-state index contributed by atoms with van der Waals surface area (Å²) < 4.78 is 0. The van der Waals surface area contributed by atoms with E-state index >= 15 is 0 Å². The fraction of sp³-hybridized carbons (Fsp3) is 0.312. The van der Waals surface area contributed by atoms with Crippen molar-refractivity contribution in [1.82, 2.24) is 20.3 Å². The molecule has 1 aliphatic heterocycles. The number of aryl methyl sites for hydroxylation is 1. The van der Waals surface area contributed by atoms with E-state index in [4.69, 9.17) is 9.97 Å². The highest BCUT2D eigenvalue weighted by Gasteiger charge is 2.18. The van der Waals surface area contributed by atoms with Gasteiger partial charge in [-0.3, -0.25) is 4.98 Å². The molecule has 0 spiro atoms. The second kappa shape index (κ2) is 5.62. The molecule has 1 aliphatic rings. The number of anilines is 1. The lowest BCUT2D eigenvalue weighted by atomic mass is 10.2. The van der Waals surface area contributed by atoms with Gasteiger partial charge in [0.2, 0.25) is 0 Å². The SMILES string of the molecule is Cc1cc2c(N3CCNCC3)nc(-c3cccnc3)nc2s1. The molecular weight excluding hydrogens is 294 g/mol. The monoisotopic (exact) mass is 311 g/mol. The molecule has 4 rings (SSSR count). The Labute approximate surface area is 133 Å². The van der Waals surface area contributed by atoms with Crippen molar-refractivity contribution < 1.29 is 0 Å². The number of nitrogens with zero attached hydrogens (tertiary/aromatic N) is 4. The van der Waals surface area contributed by atoms with Gasteiger partial charge in [0.25, 0.3) is 0 Å². The summed E-state index contributed by atoms with van der Waals surface area (Å²) in [6.07, 6.45) is 3.59. The van der Waals surface area contributed by atoms with Crippen LogP contribution in [0.4, 0.5) is 5.82 Å². The van der Waals surface area contributed by atoms with Crippen LogP contribution in [0.3, 0.4) is 0 Å². The summed E-state index contributed by atoms with van der Waals surface area (Å²) in [6, 6.07) is 6.13. The lowest BCUT2D eigenvalue weighted by Gasteiger charge is -2.29. The predicted octanol–water partition coefficient (Wildman–Crippen LogP) is 2.47. The van der Waals surface area contributed by atoms with Crippen LogP contribution in [0.15, 0.2) is 30.6 Å². The summed E-state index contributed by atoms with van der Waals surface area (Å²) in [5.74, 6) is 1.81. The normalized spacial score (nSPS) is 15.4. The van der Waals surface area contributed by atoms with Crippen LogP contribution in [-0.4, -0.2) is 41.1 Å². The molecule has 0 bridgehead atoms. The van der Waals surface area contributed by atoms with Crippen LogP contribution in [0.5, 0.6) is 0 Å². The first-order valence-corrected chi connectivity index (χ1v) is 8.27. The number of hydrogen-bond acceptors (Lipinski definition) is 6. The summed E-state index contributed by atoms with van der Waals surface area (Å²) in [5.41, 5.74) is 0.965. The molecule has 0 radical (unpaired) electrons.